The lowest BCUT2D eigenvalue weighted by Crippen LogP contribution is -2.00. The summed E-state index contributed by atoms with van der Waals surface area (Å²) >= 11 is 0. The van der Waals surface area contributed by atoms with Gasteiger partial charge in [0.2, 0.25) is 0 Å². The maximum absolute atomic E-state index is 5.81. The van der Waals surface area contributed by atoms with Crippen molar-refractivity contribution in [1.29, 1.82) is 0 Å². The normalized spacial score (nSPS) is 11.0. The molecule has 0 unspecified atom stereocenters. The number of hydrogen-bond acceptors (Lipinski definition) is 4. The fraction of sp³-hybridized carbons (Fsp3) is 0.176. The highest BCUT2D eigenvalue weighted by Crippen LogP contribution is 2.29. The number of para-hydroxylation sites is 1. The molecule has 0 atom stereocenters. The van der Waals surface area contributed by atoms with E-state index in [4.69, 9.17) is 5.73 Å². The van der Waals surface area contributed by atoms with Gasteiger partial charge in [-0.2, -0.15) is 0 Å². The summed E-state index contributed by atoms with van der Waals surface area (Å²) in [6, 6.07) is 14.0. The van der Waals surface area contributed by atoms with Gasteiger partial charge in [0, 0.05) is 16.8 Å². The van der Waals surface area contributed by atoms with Crippen molar-refractivity contribution >= 4 is 28.1 Å². The number of aromatic nitrogens is 2. The Morgan fingerprint density at radius 3 is 2.67 bits per heavy atom. The van der Waals surface area contributed by atoms with E-state index in [0.717, 1.165) is 22.4 Å². The molecule has 4 heteroatoms. The lowest BCUT2D eigenvalue weighted by Gasteiger charge is -2.15. The van der Waals surface area contributed by atoms with Crippen molar-refractivity contribution < 1.29 is 0 Å². The SMILES string of the molecule is CC(C)c1ccccc1Nc1ncnc2cc(N)ccc12. The molecule has 1 heterocycles. The van der Waals surface area contributed by atoms with E-state index in [1.165, 1.54) is 5.56 Å². The number of fused-ring (bicyclic) bond motifs is 1. The van der Waals surface area contributed by atoms with Crippen LogP contribution in [0.2, 0.25) is 0 Å². The zero-order valence-corrected chi connectivity index (χ0v) is 12.2. The number of nitrogens with two attached hydrogens (primary N) is 1. The Hall–Kier alpha value is -2.62. The van der Waals surface area contributed by atoms with Crippen LogP contribution in [0.1, 0.15) is 25.3 Å². The molecular formula is C17H18N4. The smallest absolute Gasteiger partial charge is 0.141 e. The molecule has 21 heavy (non-hydrogen) atoms. The summed E-state index contributed by atoms with van der Waals surface area (Å²) in [5, 5.41) is 4.39. The number of nitrogens with zero attached hydrogens (tertiary/aromatic N) is 2. The van der Waals surface area contributed by atoms with Crippen LogP contribution in [0.5, 0.6) is 0 Å². The Morgan fingerprint density at radius 1 is 1.05 bits per heavy atom. The monoisotopic (exact) mass is 278 g/mol. The van der Waals surface area contributed by atoms with Crippen molar-refractivity contribution in [3.63, 3.8) is 0 Å². The topological polar surface area (TPSA) is 63.8 Å². The van der Waals surface area contributed by atoms with Gasteiger partial charge in [-0.3, -0.25) is 0 Å². The Balaban J connectivity index is 2.07. The number of anilines is 3. The van der Waals surface area contributed by atoms with Gasteiger partial charge in [-0.25, -0.2) is 9.97 Å². The van der Waals surface area contributed by atoms with Gasteiger partial charge in [0.1, 0.15) is 12.1 Å². The van der Waals surface area contributed by atoms with Gasteiger partial charge in [0.25, 0.3) is 0 Å². The Bertz CT molecular complexity index is 781. The molecule has 0 aliphatic heterocycles. The molecule has 0 radical (unpaired) electrons. The predicted molar refractivity (Wildman–Crippen MR) is 87.8 cm³/mol. The van der Waals surface area contributed by atoms with Crippen LogP contribution in [-0.4, -0.2) is 9.97 Å². The largest absolute Gasteiger partial charge is 0.399 e. The van der Waals surface area contributed by atoms with E-state index in [9.17, 15) is 0 Å². The summed E-state index contributed by atoms with van der Waals surface area (Å²) in [5.41, 5.74) is 9.69. The van der Waals surface area contributed by atoms with Crippen molar-refractivity contribution in [3.8, 4) is 0 Å². The Labute approximate surface area is 124 Å². The molecular weight excluding hydrogens is 260 g/mol. The van der Waals surface area contributed by atoms with E-state index >= 15 is 0 Å². The molecule has 0 amide bonds. The minimum atomic E-state index is 0.442. The second kappa shape index (κ2) is 5.40. The molecule has 0 saturated heterocycles. The maximum Gasteiger partial charge on any atom is 0.141 e. The maximum atomic E-state index is 5.81. The molecule has 3 N–H and O–H groups in total. The van der Waals surface area contributed by atoms with E-state index in [0.29, 0.717) is 11.6 Å². The average Bonchev–Trinajstić information content (AvgIpc) is 2.47. The summed E-state index contributed by atoms with van der Waals surface area (Å²) in [6.07, 6.45) is 1.56. The van der Waals surface area contributed by atoms with Crippen LogP contribution in [0.3, 0.4) is 0 Å². The van der Waals surface area contributed by atoms with E-state index in [1.54, 1.807) is 6.33 Å². The molecule has 4 nitrogen and oxygen atoms in total. The van der Waals surface area contributed by atoms with Crippen molar-refractivity contribution in [2.75, 3.05) is 11.1 Å². The lowest BCUT2D eigenvalue weighted by molar-refractivity contribution is 0.869. The number of hydrogen-bond donors (Lipinski definition) is 2. The summed E-state index contributed by atoms with van der Waals surface area (Å²) in [7, 11) is 0. The molecule has 2 aromatic carbocycles. The van der Waals surface area contributed by atoms with Crippen LogP contribution in [0.4, 0.5) is 17.2 Å². The highest BCUT2D eigenvalue weighted by Gasteiger charge is 2.09. The molecule has 3 aromatic rings. The second-order valence-electron chi connectivity index (χ2n) is 5.37. The van der Waals surface area contributed by atoms with Crippen LogP contribution in [0.25, 0.3) is 10.9 Å². The van der Waals surface area contributed by atoms with Crippen molar-refractivity contribution in [2.45, 2.75) is 19.8 Å². The van der Waals surface area contributed by atoms with E-state index in [-0.39, 0.29) is 0 Å². The third-order valence-corrected chi connectivity index (χ3v) is 3.50. The molecule has 3 rings (SSSR count). The van der Waals surface area contributed by atoms with Gasteiger partial charge < -0.3 is 11.1 Å². The summed E-state index contributed by atoms with van der Waals surface area (Å²) < 4.78 is 0. The predicted octanol–water partition coefficient (Wildman–Crippen LogP) is 4.08. The van der Waals surface area contributed by atoms with E-state index in [1.807, 2.05) is 24.3 Å². The van der Waals surface area contributed by atoms with Crippen molar-refractivity contribution in [3.05, 3.63) is 54.4 Å². The minimum Gasteiger partial charge on any atom is -0.399 e. The third kappa shape index (κ3) is 2.65. The van der Waals surface area contributed by atoms with E-state index in [2.05, 4.69) is 47.3 Å². The first-order valence-corrected chi connectivity index (χ1v) is 7.01. The molecule has 1 aromatic heterocycles. The number of nitrogens with one attached hydrogen (secondary N) is 1. The zero-order valence-electron chi connectivity index (χ0n) is 12.2. The van der Waals surface area contributed by atoms with Gasteiger partial charge in [-0.05, 0) is 35.7 Å². The number of rotatable bonds is 3. The minimum absolute atomic E-state index is 0.442. The summed E-state index contributed by atoms with van der Waals surface area (Å²) in [6.45, 7) is 4.36. The van der Waals surface area contributed by atoms with Crippen LogP contribution < -0.4 is 11.1 Å². The molecule has 106 valence electrons. The Morgan fingerprint density at radius 2 is 1.86 bits per heavy atom. The zero-order chi connectivity index (χ0) is 14.8. The fourth-order valence-electron chi connectivity index (χ4n) is 2.42. The number of nitrogen functional groups attached to an aromatic ring is 1. The van der Waals surface area contributed by atoms with Crippen molar-refractivity contribution in [1.82, 2.24) is 9.97 Å². The third-order valence-electron chi connectivity index (χ3n) is 3.50. The second-order valence-corrected chi connectivity index (χ2v) is 5.37. The first-order chi connectivity index (χ1) is 10.1. The standard InChI is InChI=1S/C17H18N4/c1-11(2)13-5-3-4-6-15(13)21-17-14-8-7-12(18)9-16(14)19-10-20-17/h3-11H,18H2,1-2H3,(H,19,20,21). The average molecular weight is 278 g/mol. The van der Waals surface area contributed by atoms with Crippen LogP contribution in [-0.2, 0) is 0 Å². The lowest BCUT2D eigenvalue weighted by atomic mass is 10.0. The first-order valence-electron chi connectivity index (χ1n) is 7.01. The fourth-order valence-corrected chi connectivity index (χ4v) is 2.42. The van der Waals surface area contributed by atoms with Crippen molar-refractivity contribution in [2.24, 2.45) is 0 Å². The van der Waals surface area contributed by atoms with Gasteiger partial charge in [0.15, 0.2) is 0 Å². The number of benzene rings is 2. The summed E-state index contributed by atoms with van der Waals surface area (Å²) in [5.74, 6) is 1.24. The molecule has 0 saturated carbocycles. The van der Waals surface area contributed by atoms with Gasteiger partial charge in [-0.1, -0.05) is 32.0 Å². The van der Waals surface area contributed by atoms with Crippen LogP contribution in [0, 0.1) is 0 Å². The van der Waals surface area contributed by atoms with Gasteiger partial charge >= 0.3 is 0 Å². The quantitative estimate of drug-likeness (QED) is 0.709. The van der Waals surface area contributed by atoms with Gasteiger partial charge in [-0.15, -0.1) is 0 Å². The molecule has 0 bridgehead atoms. The molecule has 0 aliphatic carbocycles. The highest BCUT2D eigenvalue weighted by molar-refractivity contribution is 5.92. The van der Waals surface area contributed by atoms with Crippen LogP contribution in [0.15, 0.2) is 48.8 Å². The Kier molecular flexibility index (Phi) is 3.44. The van der Waals surface area contributed by atoms with E-state index < -0.39 is 0 Å². The van der Waals surface area contributed by atoms with Crippen LogP contribution >= 0.6 is 0 Å². The molecule has 0 spiro atoms. The highest BCUT2D eigenvalue weighted by atomic mass is 15.0. The first kappa shape index (κ1) is 13.4. The summed E-state index contributed by atoms with van der Waals surface area (Å²) in [4.78, 5) is 8.64. The molecule has 0 fully saturated rings. The molecule has 0 aliphatic rings. The van der Waals surface area contributed by atoms with Gasteiger partial charge in [0.05, 0.1) is 5.52 Å².